The fourth-order valence-corrected chi connectivity index (χ4v) is 1.09. The summed E-state index contributed by atoms with van der Waals surface area (Å²) in [5, 5.41) is 12.2. The van der Waals surface area contributed by atoms with Crippen LogP contribution in [0.1, 0.15) is 13.8 Å². The summed E-state index contributed by atoms with van der Waals surface area (Å²) in [7, 11) is 0. The Balaban J connectivity index is 2.51. The van der Waals surface area contributed by atoms with Gasteiger partial charge in [-0.15, -0.1) is 0 Å². The zero-order valence-electron chi connectivity index (χ0n) is 9.42. The lowest BCUT2D eigenvalue weighted by Gasteiger charge is -2.12. The van der Waals surface area contributed by atoms with E-state index in [4.69, 9.17) is 10.5 Å². The highest BCUT2D eigenvalue weighted by Gasteiger charge is 2.04. The van der Waals surface area contributed by atoms with Gasteiger partial charge in [-0.1, -0.05) is 18.2 Å². The number of nitrogens with zero attached hydrogens (tertiary/aromatic N) is 1. The summed E-state index contributed by atoms with van der Waals surface area (Å²) in [6.07, 6.45) is -1.35. The summed E-state index contributed by atoms with van der Waals surface area (Å²) >= 11 is 0. The van der Waals surface area contributed by atoms with Crippen LogP contribution >= 0.6 is 0 Å². The lowest BCUT2D eigenvalue weighted by molar-refractivity contribution is -0.118. The molecule has 0 spiro atoms. The van der Waals surface area contributed by atoms with E-state index < -0.39 is 6.41 Å². The maximum absolute atomic E-state index is 9.34. The predicted octanol–water partition coefficient (Wildman–Crippen LogP) is 1.11. The second-order valence-electron chi connectivity index (χ2n) is 3.52. The van der Waals surface area contributed by atoms with Crippen LogP contribution in [-0.2, 0) is 4.74 Å². The molecule has 1 atom stereocenters. The first-order valence-electron chi connectivity index (χ1n) is 5.07. The first-order chi connectivity index (χ1) is 7.58. The number of guanidine groups is 1. The third kappa shape index (κ3) is 4.77. The number of benzene rings is 1. The van der Waals surface area contributed by atoms with Gasteiger partial charge >= 0.3 is 0 Å². The van der Waals surface area contributed by atoms with Crippen molar-refractivity contribution in [3.8, 4) is 0 Å². The van der Waals surface area contributed by atoms with Crippen molar-refractivity contribution < 1.29 is 9.84 Å². The van der Waals surface area contributed by atoms with Crippen molar-refractivity contribution in [2.75, 3.05) is 5.32 Å². The van der Waals surface area contributed by atoms with Gasteiger partial charge in [0.25, 0.3) is 6.41 Å². The highest BCUT2D eigenvalue weighted by atomic mass is 16.6. The average molecular weight is 223 g/mol. The summed E-state index contributed by atoms with van der Waals surface area (Å²) in [5.41, 5.74) is 6.39. The molecule has 0 aliphatic rings. The quantitative estimate of drug-likeness (QED) is 0.406. The largest absolute Gasteiger partial charge is 0.370 e. The van der Waals surface area contributed by atoms with E-state index in [0.29, 0.717) is 0 Å². The fourth-order valence-electron chi connectivity index (χ4n) is 1.09. The molecule has 5 heteroatoms. The number of nitrogens with two attached hydrogens (primary N) is 1. The zero-order chi connectivity index (χ0) is 12.0. The lowest BCUT2D eigenvalue weighted by Crippen LogP contribution is -2.27. The van der Waals surface area contributed by atoms with E-state index in [1.807, 2.05) is 30.3 Å². The lowest BCUT2D eigenvalue weighted by atomic mass is 10.3. The number of anilines is 1. The Labute approximate surface area is 94.9 Å². The van der Waals surface area contributed by atoms with Crippen molar-refractivity contribution in [3.05, 3.63) is 30.3 Å². The van der Waals surface area contributed by atoms with Crippen molar-refractivity contribution in [1.29, 1.82) is 0 Å². The highest BCUT2D eigenvalue weighted by molar-refractivity contribution is 5.92. The standard InChI is InChI=1S/C11H17N3O2/c1-8(2)16-11(15)14-10(12)13-9-6-4-3-5-7-9/h3-8,11,15H,1-2H3,(H3,12,13,14). The maximum Gasteiger partial charge on any atom is 0.259 e. The molecular weight excluding hydrogens is 206 g/mol. The van der Waals surface area contributed by atoms with E-state index in [2.05, 4.69) is 10.3 Å². The number of hydrogen-bond acceptors (Lipinski definition) is 3. The number of rotatable bonds is 4. The second-order valence-corrected chi connectivity index (χ2v) is 3.52. The first-order valence-corrected chi connectivity index (χ1v) is 5.07. The molecule has 0 aliphatic heterocycles. The molecule has 1 unspecified atom stereocenters. The minimum absolute atomic E-state index is 0.108. The van der Waals surface area contributed by atoms with Crippen LogP contribution < -0.4 is 11.1 Å². The van der Waals surface area contributed by atoms with Crippen LogP contribution in [0.15, 0.2) is 35.3 Å². The van der Waals surface area contributed by atoms with Crippen LogP contribution in [0.2, 0.25) is 0 Å². The Hall–Kier alpha value is -1.59. The van der Waals surface area contributed by atoms with E-state index in [-0.39, 0.29) is 12.1 Å². The molecule has 0 saturated carbocycles. The first kappa shape index (κ1) is 12.5. The summed E-state index contributed by atoms with van der Waals surface area (Å²) in [5.74, 6) is 0.111. The topological polar surface area (TPSA) is 79.9 Å². The molecule has 0 radical (unpaired) electrons. The van der Waals surface area contributed by atoms with Gasteiger partial charge in [-0.05, 0) is 26.0 Å². The molecule has 1 aromatic carbocycles. The van der Waals surface area contributed by atoms with Gasteiger partial charge < -0.3 is 20.9 Å². The smallest absolute Gasteiger partial charge is 0.259 e. The zero-order valence-corrected chi connectivity index (χ0v) is 9.42. The minimum atomic E-state index is -1.24. The number of ether oxygens (including phenoxy) is 1. The molecule has 88 valence electrons. The molecule has 0 fully saturated rings. The van der Waals surface area contributed by atoms with Gasteiger partial charge in [0, 0.05) is 5.69 Å². The molecule has 16 heavy (non-hydrogen) atoms. The van der Waals surface area contributed by atoms with Crippen LogP contribution in [-0.4, -0.2) is 23.6 Å². The Kier molecular flexibility index (Phi) is 4.75. The molecule has 4 N–H and O–H groups in total. The van der Waals surface area contributed by atoms with Gasteiger partial charge in [-0.3, -0.25) is 0 Å². The monoisotopic (exact) mass is 223 g/mol. The van der Waals surface area contributed by atoms with E-state index in [1.165, 1.54) is 0 Å². The Morgan fingerprint density at radius 3 is 2.56 bits per heavy atom. The molecule has 0 amide bonds. The summed E-state index contributed by atoms with van der Waals surface area (Å²) in [6, 6.07) is 9.33. The SMILES string of the molecule is CC(C)OC(O)N=C(N)Nc1ccccc1. The summed E-state index contributed by atoms with van der Waals surface area (Å²) < 4.78 is 5.01. The number of nitrogens with one attached hydrogen (secondary N) is 1. The molecule has 5 nitrogen and oxygen atoms in total. The van der Waals surface area contributed by atoms with Crippen molar-refractivity contribution >= 4 is 11.6 Å². The second kappa shape index (κ2) is 6.09. The molecule has 0 bridgehead atoms. The number of hydrogen-bond donors (Lipinski definition) is 3. The van der Waals surface area contributed by atoms with Crippen molar-refractivity contribution in [1.82, 2.24) is 0 Å². The van der Waals surface area contributed by atoms with Crippen LogP contribution in [0.3, 0.4) is 0 Å². The van der Waals surface area contributed by atoms with Gasteiger partial charge in [0.05, 0.1) is 6.10 Å². The van der Waals surface area contributed by atoms with Crippen molar-refractivity contribution in [2.24, 2.45) is 10.7 Å². The minimum Gasteiger partial charge on any atom is -0.370 e. The fraction of sp³-hybridized carbons (Fsp3) is 0.364. The van der Waals surface area contributed by atoms with Crippen LogP contribution in [0.4, 0.5) is 5.69 Å². The van der Waals surface area contributed by atoms with Crippen LogP contribution in [0, 0.1) is 0 Å². The highest BCUT2D eigenvalue weighted by Crippen LogP contribution is 2.04. The molecule has 1 aromatic rings. The van der Waals surface area contributed by atoms with Crippen molar-refractivity contribution in [3.63, 3.8) is 0 Å². The number of aliphatic hydroxyl groups is 1. The predicted molar refractivity (Wildman–Crippen MR) is 63.9 cm³/mol. The average Bonchev–Trinajstić information content (AvgIpc) is 2.17. The van der Waals surface area contributed by atoms with Gasteiger partial charge in [0.15, 0.2) is 5.96 Å². The van der Waals surface area contributed by atoms with Crippen LogP contribution in [0.25, 0.3) is 0 Å². The molecular formula is C11H17N3O2. The third-order valence-corrected chi connectivity index (χ3v) is 1.69. The Morgan fingerprint density at radius 1 is 1.38 bits per heavy atom. The van der Waals surface area contributed by atoms with E-state index in [0.717, 1.165) is 5.69 Å². The normalized spacial score (nSPS) is 13.9. The van der Waals surface area contributed by atoms with E-state index in [1.54, 1.807) is 13.8 Å². The Bertz CT molecular complexity index is 338. The van der Waals surface area contributed by atoms with Crippen molar-refractivity contribution in [2.45, 2.75) is 26.4 Å². The maximum atomic E-state index is 9.34. The molecule has 0 heterocycles. The van der Waals surface area contributed by atoms with E-state index >= 15 is 0 Å². The Morgan fingerprint density at radius 2 is 2.00 bits per heavy atom. The third-order valence-electron chi connectivity index (χ3n) is 1.69. The van der Waals surface area contributed by atoms with Gasteiger partial charge in [-0.2, -0.15) is 4.99 Å². The van der Waals surface area contributed by atoms with E-state index in [9.17, 15) is 5.11 Å². The number of para-hydroxylation sites is 1. The summed E-state index contributed by atoms with van der Waals surface area (Å²) in [4.78, 5) is 3.73. The van der Waals surface area contributed by atoms with Gasteiger partial charge in [-0.25, -0.2) is 0 Å². The molecule has 0 saturated heterocycles. The number of aliphatic hydroxyl groups excluding tert-OH is 1. The van der Waals surface area contributed by atoms with Gasteiger partial charge in [0.1, 0.15) is 0 Å². The summed E-state index contributed by atoms with van der Waals surface area (Å²) in [6.45, 7) is 3.61. The van der Waals surface area contributed by atoms with Crippen LogP contribution in [0.5, 0.6) is 0 Å². The van der Waals surface area contributed by atoms with Gasteiger partial charge in [0.2, 0.25) is 0 Å². The molecule has 0 aliphatic carbocycles. The molecule has 1 rings (SSSR count). The number of aliphatic imine (C=N–C) groups is 1. The molecule has 0 aromatic heterocycles.